The second kappa shape index (κ2) is 6.54. The molecule has 0 aliphatic carbocycles. The molecule has 5 heteroatoms. The summed E-state index contributed by atoms with van der Waals surface area (Å²) in [5, 5.41) is 9.81. The average Bonchev–Trinajstić information content (AvgIpc) is 2.47. The fraction of sp³-hybridized carbons (Fsp3) is 0.375. The Hall–Kier alpha value is -2.14. The number of benzene rings is 1. The molecule has 0 atom stereocenters. The summed E-state index contributed by atoms with van der Waals surface area (Å²) >= 11 is 0. The van der Waals surface area contributed by atoms with Crippen LogP contribution in [-0.2, 0) is 0 Å². The predicted molar refractivity (Wildman–Crippen MR) is 84.0 cm³/mol. The third-order valence-corrected chi connectivity index (χ3v) is 3.41. The first-order chi connectivity index (χ1) is 10.0. The molecule has 21 heavy (non-hydrogen) atoms. The summed E-state index contributed by atoms with van der Waals surface area (Å²) in [5.41, 5.74) is 7.63. The number of amides is 1. The number of rotatable bonds is 5. The molecule has 0 saturated carbocycles. The number of aliphatic hydroxyl groups is 1. The van der Waals surface area contributed by atoms with Gasteiger partial charge in [-0.15, -0.1) is 0 Å². The molecule has 0 unspecified atom stereocenters. The maximum Gasteiger partial charge on any atom is 0.272 e. The molecule has 0 spiro atoms. The third-order valence-electron chi connectivity index (χ3n) is 3.41. The Morgan fingerprint density at radius 3 is 2.76 bits per heavy atom. The van der Waals surface area contributed by atoms with Gasteiger partial charge in [-0.05, 0) is 32.4 Å². The summed E-state index contributed by atoms with van der Waals surface area (Å²) in [6.45, 7) is 4.45. The van der Waals surface area contributed by atoms with Crippen LogP contribution in [0, 0.1) is 0 Å². The molecule has 0 aliphatic rings. The van der Waals surface area contributed by atoms with E-state index in [0.717, 1.165) is 5.39 Å². The van der Waals surface area contributed by atoms with Gasteiger partial charge >= 0.3 is 0 Å². The van der Waals surface area contributed by atoms with Crippen molar-refractivity contribution < 1.29 is 9.90 Å². The van der Waals surface area contributed by atoms with E-state index >= 15 is 0 Å². The maximum absolute atomic E-state index is 12.6. The fourth-order valence-corrected chi connectivity index (χ4v) is 2.29. The number of pyridine rings is 1. The lowest BCUT2D eigenvalue weighted by atomic mass is 10.1. The van der Waals surface area contributed by atoms with Crippen LogP contribution in [0.3, 0.4) is 0 Å². The third kappa shape index (κ3) is 3.31. The van der Waals surface area contributed by atoms with Crippen molar-refractivity contribution in [3.8, 4) is 0 Å². The zero-order valence-electron chi connectivity index (χ0n) is 12.4. The molecule has 1 aromatic carbocycles. The van der Waals surface area contributed by atoms with Crippen LogP contribution in [0.1, 0.15) is 30.8 Å². The SMILES string of the molecule is CC(C)N(CCCO)C(=O)c1cc(N)c2ccccc2n1. The van der Waals surface area contributed by atoms with Gasteiger partial charge in [0.15, 0.2) is 0 Å². The van der Waals surface area contributed by atoms with Crippen LogP contribution < -0.4 is 5.73 Å². The predicted octanol–water partition coefficient (Wildman–Crippen LogP) is 2.05. The zero-order chi connectivity index (χ0) is 15.4. The van der Waals surface area contributed by atoms with Gasteiger partial charge in [-0.25, -0.2) is 4.98 Å². The van der Waals surface area contributed by atoms with E-state index in [1.807, 2.05) is 38.1 Å². The number of nitrogens with zero attached hydrogens (tertiary/aromatic N) is 2. The number of carbonyl (C=O) groups excluding carboxylic acids is 1. The van der Waals surface area contributed by atoms with Gasteiger partial charge in [0.05, 0.1) is 5.52 Å². The maximum atomic E-state index is 12.6. The van der Waals surface area contributed by atoms with Crippen molar-refractivity contribution in [2.45, 2.75) is 26.3 Å². The first-order valence-corrected chi connectivity index (χ1v) is 7.11. The van der Waals surface area contributed by atoms with Crippen molar-refractivity contribution in [3.63, 3.8) is 0 Å². The topological polar surface area (TPSA) is 79.5 Å². The van der Waals surface area contributed by atoms with E-state index in [9.17, 15) is 4.79 Å². The highest BCUT2D eigenvalue weighted by Gasteiger charge is 2.20. The lowest BCUT2D eigenvalue weighted by Gasteiger charge is -2.26. The van der Waals surface area contributed by atoms with Crippen molar-refractivity contribution in [1.29, 1.82) is 0 Å². The summed E-state index contributed by atoms with van der Waals surface area (Å²) in [7, 11) is 0. The van der Waals surface area contributed by atoms with Gasteiger partial charge in [-0.3, -0.25) is 4.79 Å². The van der Waals surface area contributed by atoms with Crippen LogP contribution >= 0.6 is 0 Å². The van der Waals surface area contributed by atoms with Gasteiger partial charge < -0.3 is 15.7 Å². The van der Waals surface area contributed by atoms with Gasteiger partial charge in [-0.1, -0.05) is 18.2 Å². The van der Waals surface area contributed by atoms with Crippen LogP contribution in [0.5, 0.6) is 0 Å². The molecule has 0 fully saturated rings. The first kappa shape index (κ1) is 15.3. The first-order valence-electron chi connectivity index (χ1n) is 7.11. The number of para-hydroxylation sites is 1. The molecule has 0 radical (unpaired) electrons. The number of aliphatic hydroxyl groups excluding tert-OH is 1. The van der Waals surface area contributed by atoms with Gasteiger partial charge in [0.25, 0.3) is 5.91 Å². The minimum atomic E-state index is -0.157. The number of nitrogens with two attached hydrogens (primary N) is 1. The summed E-state index contributed by atoms with van der Waals surface area (Å²) in [6, 6.07) is 9.16. The van der Waals surface area contributed by atoms with Crippen LogP contribution in [0.15, 0.2) is 30.3 Å². The normalized spacial score (nSPS) is 11.0. The van der Waals surface area contributed by atoms with Gasteiger partial charge in [0.2, 0.25) is 0 Å². The second-order valence-corrected chi connectivity index (χ2v) is 5.28. The molecular weight excluding hydrogens is 266 g/mol. The zero-order valence-corrected chi connectivity index (χ0v) is 12.4. The van der Waals surface area contributed by atoms with Crippen LogP contribution in [0.25, 0.3) is 10.9 Å². The number of aromatic nitrogens is 1. The number of anilines is 1. The molecule has 2 rings (SSSR count). The number of carbonyl (C=O) groups is 1. The van der Waals surface area contributed by atoms with Crippen molar-refractivity contribution in [2.24, 2.45) is 0 Å². The highest BCUT2D eigenvalue weighted by molar-refractivity contribution is 5.99. The van der Waals surface area contributed by atoms with Crippen molar-refractivity contribution in [2.75, 3.05) is 18.9 Å². The molecule has 0 aliphatic heterocycles. The molecule has 1 heterocycles. The molecule has 0 bridgehead atoms. The number of fused-ring (bicyclic) bond motifs is 1. The molecule has 112 valence electrons. The van der Waals surface area contributed by atoms with Crippen LogP contribution in [0.4, 0.5) is 5.69 Å². The summed E-state index contributed by atoms with van der Waals surface area (Å²) in [5.74, 6) is -0.157. The number of hydrogen-bond donors (Lipinski definition) is 2. The van der Waals surface area contributed by atoms with Crippen LogP contribution in [0.2, 0.25) is 0 Å². The van der Waals surface area contributed by atoms with Gasteiger partial charge in [0.1, 0.15) is 5.69 Å². The highest BCUT2D eigenvalue weighted by Crippen LogP contribution is 2.21. The quantitative estimate of drug-likeness (QED) is 0.882. The average molecular weight is 287 g/mol. The van der Waals surface area contributed by atoms with E-state index in [1.54, 1.807) is 11.0 Å². The van der Waals surface area contributed by atoms with Gasteiger partial charge in [-0.2, -0.15) is 0 Å². The molecule has 3 N–H and O–H groups in total. The minimum absolute atomic E-state index is 0.0403. The Labute approximate surface area is 124 Å². The lowest BCUT2D eigenvalue weighted by molar-refractivity contribution is 0.0687. The minimum Gasteiger partial charge on any atom is -0.398 e. The van der Waals surface area contributed by atoms with Gasteiger partial charge in [0, 0.05) is 30.3 Å². The standard InChI is InChI=1S/C16H21N3O2/c1-11(2)19(8-5-9-20)16(21)15-10-13(17)12-6-3-4-7-14(12)18-15/h3-4,6-7,10-11,20H,5,8-9H2,1-2H3,(H2,17,18). The number of hydrogen-bond acceptors (Lipinski definition) is 4. The van der Waals surface area contributed by atoms with E-state index in [1.165, 1.54) is 0 Å². The second-order valence-electron chi connectivity index (χ2n) is 5.28. The van der Waals surface area contributed by atoms with Crippen LogP contribution in [-0.4, -0.2) is 40.1 Å². The molecule has 2 aromatic rings. The van der Waals surface area contributed by atoms with E-state index in [0.29, 0.717) is 29.9 Å². The molecule has 1 amide bonds. The Morgan fingerprint density at radius 2 is 2.10 bits per heavy atom. The van der Waals surface area contributed by atoms with E-state index in [2.05, 4.69) is 4.98 Å². The summed E-state index contributed by atoms with van der Waals surface area (Å²) in [4.78, 5) is 18.7. The van der Waals surface area contributed by atoms with Crippen molar-refractivity contribution in [1.82, 2.24) is 9.88 Å². The Kier molecular flexibility index (Phi) is 4.75. The fourth-order valence-electron chi connectivity index (χ4n) is 2.29. The highest BCUT2D eigenvalue weighted by atomic mass is 16.3. The Morgan fingerprint density at radius 1 is 1.38 bits per heavy atom. The molecular formula is C16H21N3O2. The lowest BCUT2D eigenvalue weighted by Crippen LogP contribution is -2.38. The van der Waals surface area contributed by atoms with Crippen molar-refractivity contribution >= 4 is 22.5 Å². The molecule has 5 nitrogen and oxygen atoms in total. The summed E-state index contributed by atoms with van der Waals surface area (Å²) < 4.78 is 0. The van der Waals surface area contributed by atoms with Crippen molar-refractivity contribution in [3.05, 3.63) is 36.0 Å². The monoisotopic (exact) mass is 287 g/mol. The van der Waals surface area contributed by atoms with E-state index in [-0.39, 0.29) is 18.6 Å². The Bertz CT molecular complexity index is 640. The molecule has 0 saturated heterocycles. The molecule has 1 aromatic heterocycles. The largest absolute Gasteiger partial charge is 0.398 e. The Balaban J connectivity index is 2.37. The summed E-state index contributed by atoms with van der Waals surface area (Å²) in [6.07, 6.45) is 0.549. The number of nitrogen functional groups attached to an aromatic ring is 1. The smallest absolute Gasteiger partial charge is 0.272 e. The van der Waals surface area contributed by atoms with E-state index in [4.69, 9.17) is 10.8 Å². The van der Waals surface area contributed by atoms with E-state index < -0.39 is 0 Å².